The number of hydrogen-bond acceptors (Lipinski definition) is 5. The molecule has 0 aliphatic carbocycles. The lowest BCUT2D eigenvalue weighted by molar-refractivity contribution is -0.118. The van der Waals surface area contributed by atoms with E-state index in [0.717, 1.165) is 16.4 Å². The first-order chi connectivity index (χ1) is 12.2. The molecule has 3 rings (SSSR count). The maximum Gasteiger partial charge on any atom is 0.230 e. The van der Waals surface area contributed by atoms with Crippen molar-refractivity contribution in [3.63, 3.8) is 0 Å². The van der Waals surface area contributed by atoms with Gasteiger partial charge in [-0.1, -0.05) is 53.3 Å². The number of carbonyl (C=O) groups excluding carboxylic acids is 1. The molecule has 0 saturated carbocycles. The van der Waals surface area contributed by atoms with E-state index >= 15 is 0 Å². The number of fused-ring (bicyclic) bond motifs is 1. The van der Waals surface area contributed by atoms with E-state index in [0.29, 0.717) is 18.8 Å². The fourth-order valence-electron chi connectivity index (χ4n) is 2.32. The molecule has 1 aromatic heterocycles. The number of aromatic nitrogens is 1. The van der Waals surface area contributed by atoms with Crippen LogP contribution >= 0.6 is 23.1 Å². The third-order valence-electron chi connectivity index (χ3n) is 3.64. The molecule has 0 spiro atoms. The Bertz CT molecular complexity index is 797. The highest BCUT2D eigenvalue weighted by molar-refractivity contribution is 7.99. The molecule has 1 amide bonds. The first-order valence-corrected chi connectivity index (χ1v) is 10.2. The average Bonchev–Trinajstić information content (AvgIpc) is 3.03. The topological polar surface area (TPSA) is 54.0 Å². The maximum atomic E-state index is 11.9. The molecule has 0 saturated heterocycles. The maximum absolute atomic E-state index is 11.9. The molecule has 1 heterocycles. The first kappa shape index (κ1) is 17.8. The minimum Gasteiger partial charge on any atom is -0.360 e. The fraction of sp³-hybridized carbons (Fsp3) is 0.263. The summed E-state index contributed by atoms with van der Waals surface area (Å²) in [6.07, 6.45) is 0. The number of thioether (sulfide) groups is 1. The van der Waals surface area contributed by atoms with Crippen LogP contribution in [0.2, 0.25) is 0 Å². The zero-order valence-electron chi connectivity index (χ0n) is 14.1. The summed E-state index contributed by atoms with van der Waals surface area (Å²) in [5, 5.41) is 7.09. The molecular formula is C19H21N3OS2. The number of nitrogens with zero attached hydrogens (tertiary/aromatic N) is 1. The Morgan fingerprint density at radius 2 is 1.92 bits per heavy atom. The second-order valence-electron chi connectivity index (χ2n) is 5.74. The van der Waals surface area contributed by atoms with Crippen molar-refractivity contribution in [1.29, 1.82) is 0 Å². The predicted molar refractivity (Wildman–Crippen MR) is 108 cm³/mol. The van der Waals surface area contributed by atoms with E-state index in [1.54, 1.807) is 23.1 Å². The van der Waals surface area contributed by atoms with Crippen LogP contribution in [-0.4, -0.2) is 29.7 Å². The van der Waals surface area contributed by atoms with Gasteiger partial charge in [0.15, 0.2) is 5.13 Å². The number of amides is 1. The van der Waals surface area contributed by atoms with Gasteiger partial charge < -0.3 is 10.6 Å². The summed E-state index contributed by atoms with van der Waals surface area (Å²) >= 11 is 3.26. The SMILES string of the molecule is Cc1ccc(CSCC(=O)NCCNc2nc3ccccc3s2)cc1. The Hall–Kier alpha value is -2.05. The van der Waals surface area contributed by atoms with Crippen LogP contribution in [0, 0.1) is 6.92 Å². The second-order valence-corrected chi connectivity index (χ2v) is 7.76. The number of hydrogen-bond donors (Lipinski definition) is 2. The van der Waals surface area contributed by atoms with Gasteiger partial charge in [0.25, 0.3) is 0 Å². The number of aryl methyl sites for hydroxylation is 1. The Morgan fingerprint density at radius 1 is 1.12 bits per heavy atom. The summed E-state index contributed by atoms with van der Waals surface area (Å²) in [4.78, 5) is 16.4. The van der Waals surface area contributed by atoms with Crippen LogP contribution in [0.3, 0.4) is 0 Å². The van der Waals surface area contributed by atoms with Crippen LogP contribution in [0.4, 0.5) is 5.13 Å². The first-order valence-electron chi connectivity index (χ1n) is 8.20. The van der Waals surface area contributed by atoms with E-state index in [1.165, 1.54) is 15.8 Å². The number of para-hydroxylation sites is 1. The molecule has 0 bridgehead atoms. The minimum atomic E-state index is 0.0724. The van der Waals surface area contributed by atoms with Gasteiger partial charge in [0.1, 0.15) is 0 Å². The lowest BCUT2D eigenvalue weighted by Crippen LogP contribution is -2.30. The number of thiazole rings is 1. The lowest BCUT2D eigenvalue weighted by atomic mass is 10.2. The quantitative estimate of drug-likeness (QED) is 0.586. The zero-order chi connectivity index (χ0) is 17.5. The largest absolute Gasteiger partial charge is 0.360 e. The Labute approximate surface area is 156 Å². The fourth-order valence-corrected chi connectivity index (χ4v) is 4.03. The third kappa shape index (κ3) is 5.47. The average molecular weight is 372 g/mol. The smallest absolute Gasteiger partial charge is 0.230 e. The van der Waals surface area contributed by atoms with Crippen LogP contribution in [0.5, 0.6) is 0 Å². The van der Waals surface area contributed by atoms with Gasteiger partial charge in [-0.25, -0.2) is 4.98 Å². The van der Waals surface area contributed by atoms with Crippen molar-refractivity contribution in [2.24, 2.45) is 0 Å². The van der Waals surface area contributed by atoms with Gasteiger partial charge in [-0.15, -0.1) is 11.8 Å². The Kier molecular flexibility index (Phi) is 6.30. The lowest BCUT2D eigenvalue weighted by Gasteiger charge is -2.06. The highest BCUT2D eigenvalue weighted by Gasteiger charge is 2.04. The Morgan fingerprint density at radius 3 is 2.72 bits per heavy atom. The highest BCUT2D eigenvalue weighted by Crippen LogP contribution is 2.24. The van der Waals surface area contributed by atoms with E-state index in [2.05, 4.69) is 52.9 Å². The van der Waals surface area contributed by atoms with Crippen molar-refractivity contribution in [2.45, 2.75) is 12.7 Å². The van der Waals surface area contributed by atoms with E-state index in [-0.39, 0.29) is 5.91 Å². The normalized spacial score (nSPS) is 10.8. The molecule has 0 radical (unpaired) electrons. The molecule has 0 fully saturated rings. The van der Waals surface area contributed by atoms with Crippen LogP contribution in [0.25, 0.3) is 10.2 Å². The monoisotopic (exact) mass is 371 g/mol. The van der Waals surface area contributed by atoms with Crippen LogP contribution in [-0.2, 0) is 10.5 Å². The zero-order valence-corrected chi connectivity index (χ0v) is 15.8. The molecule has 25 heavy (non-hydrogen) atoms. The molecule has 0 atom stereocenters. The molecule has 130 valence electrons. The summed E-state index contributed by atoms with van der Waals surface area (Å²) in [6.45, 7) is 3.35. The summed E-state index contributed by atoms with van der Waals surface area (Å²) in [6, 6.07) is 16.5. The van der Waals surface area contributed by atoms with E-state index in [1.807, 2.05) is 18.2 Å². The number of rotatable bonds is 8. The molecule has 2 aromatic carbocycles. The number of benzene rings is 2. The van der Waals surface area contributed by atoms with E-state index in [4.69, 9.17) is 0 Å². The van der Waals surface area contributed by atoms with Gasteiger partial charge >= 0.3 is 0 Å². The van der Waals surface area contributed by atoms with Gasteiger partial charge in [-0.05, 0) is 24.6 Å². The van der Waals surface area contributed by atoms with Crippen molar-refractivity contribution in [1.82, 2.24) is 10.3 Å². The number of nitrogens with one attached hydrogen (secondary N) is 2. The van der Waals surface area contributed by atoms with Gasteiger partial charge in [0, 0.05) is 18.8 Å². The van der Waals surface area contributed by atoms with Gasteiger partial charge in [-0.3, -0.25) is 4.79 Å². The third-order valence-corrected chi connectivity index (χ3v) is 5.64. The van der Waals surface area contributed by atoms with Crippen molar-refractivity contribution < 1.29 is 4.79 Å². The number of anilines is 1. The summed E-state index contributed by atoms with van der Waals surface area (Å²) < 4.78 is 1.17. The van der Waals surface area contributed by atoms with Gasteiger partial charge in [0.05, 0.1) is 16.0 Å². The molecule has 0 aliphatic heterocycles. The van der Waals surface area contributed by atoms with Crippen molar-refractivity contribution >= 4 is 44.4 Å². The Balaban J connectivity index is 1.31. The van der Waals surface area contributed by atoms with Crippen molar-refractivity contribution in [3.8, 4) is 0 Å². The highest BCUT2D eigenvalue weighted by atomic mass is 32.2. The predicted octanol–water partition coefficient (Wildman–Crippen LogP) is 4.07. The van der Waals surface area contributed by atoms with Crippen LogP contribution in [0.1, 0.15) is 11.1 Å². The standard InChI is InChI=1S/C19H21N3OS2/c1-14-6-8-15(9-7-14)12-24-13-18(23)20-10-11-21-19-22-16-4-2-3-5-17(16)25-19/h2-9H,10-13H2,1H3,(H,20,23)(H,21,22). The molecule has 2 N–H and O–H groups in total. The second kappa shape index (κ2) is 8.87. The van der Waals surface area contributed by atoms with Gasteiger partial charge in [0.2, 0.25) is 5.91 Å². The molecule has 0 unspecified atom stereocenters. The summed E-state index contributed by atoms with van der Waals surface area (Å²) in [5.74, 6) is 1.41. The number of carbonyl (C=O) groups is 1. The summed E-state index contributed by atoms with van der Waals surface area (Å²) in [7, 11) is 0. The summed E-state index contributed by atoms with van der Waals surface area (Å²) in [5.41, 5.74) is 3.51. The molecule has 3 aromatic rings. The minimum absolute atomic E-state index is 0.0724. The molecular weight excluding hydrogens is 350 g/mol. The van der Waals surface area contributed by atoms with Crippen molar-refractivity contribution in [2.75, 3.05) is 24.2 Å². The van der Waals surface area contributed by atoms with Crippen LogP contribution in [0.15, 0.2) is 48.5 Å². The van der Waals surface area contributed by atoms with E-state index < -0.39 is 0 Å². The van der Waals surface area contributed by atoms with Gasteiger partial charge in [-0.2, -0.15) is 0 Å². The molecule has 0 aliphatic rings. The van der Waals surface area contributed by atoms with Crippen molar-refractivity contribution in [3.05, 3.63) is 59.7 Å². The van der Waals surface area contributed by atoms with E-state index in [9.17, 15) is 4.79 Å². The molecule has 6 heteroatoms. The van der Waals surface area contributed by atoms with Crippen LogP contribution < -0.4 is 10.6 Å². The molecule has 4 nitrogen and oxygen atoms in total.